The Morgan fingerprint density at radius 1 is 1.35 bits per heavy atom. The van der Waals surface area contributed by atoms with Gasteiger partial charge in [-0.3, -0.25) is 14.5 Å². The number of carbonyl (C=O) groups excluding carboxylic acids is 3. The summed E-state index contributed by atoms with van der Waals surface area (Å²) in [5.41, 5.74) is 4.94. The van der Waals surface area contributed by atoms with Gasteiger partial charge in [0.2, 0.25) is 5.91 Å². The van der Waals surface area contributed by atoms with Gasteiger partial charge < -0.3 is 16.0 Å². The van der Waals surface area contributed by atoms with Crippen LogP contribution in [0.15, 0.2) is 0 Å². The van der Waals surface area contributed by atoms with Crippen molar-refractivity contribution in [3.05, 3.63) is 0 Å². The summed E-state index contributed by atoms with van der Waals surface area (Å²) in [6, 6.07) is -0.315. The van der Waals surface area contributed by atoms with Crippen LogP contribution < -0.4 is 11.1 Å². The van der Waals surface area contributed by atoms with Gasteiger partial charge in [0.05, 0.1) is 0 Å². The van der Waals surface area contributed by atoms with Crippen LogP contribution in [-0.4, -0.2) is 58.9 Å². The molecule has 0 radical (unpaired) electrons. The second kappa shape index (κ2) is 6.65. The number of hydrogen-bond acceptors (Lipinski definition) is 4. The first-order valence-electron chi connectivity index (χ1n) is 8.10. The molecule has 1 saturated carbocycles. The van der Waals surface area contributed by atoms with Gasteiger partial charge in [-0.1, -0.05) is 12.8 Å². The number of halogens is 1. The summed E-state index contributed by atoms with van der Waals surface area (Å²) < 4.78 is 0. The minimum atomic E-state index is -0.742. The Morgan fingerprint density at radius 3 is 2.57 bits per heavy atom. The lowest BCUT2D eigenvalue weighted by Crippen LogP contribution is -2.46. The highest BCUT2D eigenvalue weighted by Crippen LogP contribution is 2.35. The molecule has 0 aromatic carbocycles. The smallest absolute Gasteiger partial charge is 0.325 e. The first-order chi connectivity index (χ1) is 10.5. The standard InChI is InChI=1S/C15H24N4O3.ClH/c1-10-6-11(7-16)8-18(10)12(20)9-19-13(21)15(17-14(19)22)4-2-3-5-15;/h10-11H,2-9,16H2,1H3,(H,17,22);1H. The zero-order valence-corrected chi connectivity index (χ0v) is 14.2. The van der Waals surface area contributed by atoms with E-state index in [2.05, 4.69) is 5.32 Å². The molecular formula is C15H25ClN4O3. The van der Waals surface area contributed by atoms with Crippen molar-refractivity contribution in [3.63, 3.8) is 0 Å². The predicted molar refractivity (Wildman–Crippen MR) is 87.0 cm³/mol. The van der Waals surface area contributed by atoms with Gasteiger partial charge in [0.25, 0.3) is 5.91 Å². The van der Waals surface area contributed by atoms with Gasteiger partial charge in [0.1, 0.15) is 12.1 Å². The molecule has 1 spiro atoms. The zero-order chi connectivity index (χ0) is 15.9. The highest BCUT2D eigenvalue weighted by Gasteiger charge is 2.53. The lowest BCUT2D eigenvalue weighted by atomic mass is 9.98. The molecule has 2 heterocycles. The van der Waals surface area contributed by atoms with Crippen molar-refractivity contribution >= 4 is 30.3 Å². The highest BCUT2D eigenvalue weighted by atomic mass is 35.5. The Bertz CT molecular complexity index is 507. The monoisotopic (exact) mass is 344 g/mol. The molecule has 0 aromatic heterocycles. The van der Waals surface area contributed by atoms with E-state index in [1.54, 1.807) is 4.90 Å². The number of rotatable bonds is 3. The summed E-state index contributed by atoms with van der Waals surface area (Å²) in [4.78, 5) is 40.0. The van der Waals surface area contributed by atoms with Crippen LogP contribution in [0, 0.1) is 5.92 Å². The Kier molecular flexibility index (Phi) is 5.20. The number of amides is 4. The minimum absolute atomic E-state index is 0. The normalized spacial score (nSPS) is 29.1. The molecule has 0 bridgehead atoms. The number of carbonyl (C=O) groups is 3. The van der Waals surface area contributed by atoms with Crippen LogP contribution in [0.5, 0.6) is 0 Å². The predicted octanol–water partition coefficient (Wildman–Crippen LogP) is 0.469. The van der Waals surface area contributed by atoms with E-state index >= 15 is 0 Å². The summed E-state index contributed by atoms with van der Waals surface area (Å²) in [5, 5.41) is 2.80. The molecule has 4 amide bonds. The third-order valence-corrected chi connectivity index (χ3v) is 5.31. The largest absolute Gasteiger partial charge is 0.338 e. The third-order valence-electron chi connectivity index (χ3n) is 5.31. The SMILES string of the molecule is CC1CC(CN)CN1C(=O)CN1C(=O)NC2(CCCC2)C1=O.Cl. The number of imide groups is 1. The van der Waals surface area contributed by atoms with Crippen molar-refractivity contribution < 1.29 is 14.4 Å². The van der Waals surface area contributed by atoms with Crippen LogP contribution in [-0.2, 0) is 9.59 Å². The molecule has 3 fully saturated rings. The van der Waals surface area contributed by atoms with Gasteiger partial charge in [-0.2, -0.15) is 0 Å². The van der Waals surface area contributed by atoms with Crippen molar-refractivity contribution in [1.29, 1.82) is 0 Å². The van der Waals surface area contributed by atoms with E-state index in [1.807, 2.05) is 6.92 Å². The molecule has 1 aliphatic carbocycles. The minimum Gasteiger partial charge on any atom is -0.338 e. The van der Waals surface area contributed by atoms with Crippen molar-refractivity contribution in [1.82, 2.24) is 15.1 Å². The lowest BCUT2D eigenvalue weighted by Gasteiger charge is -2.24. The molecule has 7 nitrogen and oxygen atoms in total. The van der Waals surface area contributed by atoms with Gasteiger partial charge in [0.15, 0.2) is 0 Å². The van der Waals surface area contributed by atoms with Gasteiger partial charge in [-0.15, -0.1) is 12.4 Å². The van der Waals surface area contributed by atoms with Gasteiger partial charge in [-0.05, 0) is 38.6 Å². The van der Waals surface area contributed by atoms with Crippen molar-refractivity contribution in [2.24, 2.45) is 11.7 Å². The van der Waals surface area contributed by atoms with Crippen molar-refractivity contribution in [2.75, 3.05) is 19.6 Å². The summed E-state index contributed by atoms with van der Waals surface area (Å²) in [6.07, 6.45) is 4.12. The van der Waals surface area contributed by atoms with E-state index in [9.17, 15) is 14.4 Å². The Balaban J connectivity index is 0.00000192. The molecule has 2 saturated heterocycles. The summed E-state index contributed by atoms with van der Waals surface area (Å²) in [7, 11) is 0. The quantitative estimate of drug-likeness (QED) is 0.727. The maximum atomic E-state index is 12.5. The maximum Gasteiger partial charge on any atom is 0.325 e. The van der Waals surface area contributed by atoms with Gasteiger partial charge >= 0.3 is 6.03 Å². The summed E-state index contributed by atoms with van der Waals surface area (Å²) in [6.45, 7) is 3.00. The molecule has 2 atom stereocenters. The molecule has 3 N–H and O–H groups in total. The van der Waals surface area contributed by atoms with E-state index in [-0.39, 0.29) is 36.8 Å². The van der Waals surface area contributed by atoms with E-state index < -0.39 is 11.6 Å². The number of nitrogens with two attached hydrogens (primary N) is 1. The summed E-state index contributed by atoms with van der Waals surface area (Å²) >= 11 is 0. The molecule has 23 heavy (non-hydrogen) atoms. The Hall–Kier alpha value is -1.34. The third kappa shape index (κ3) is 3.04. The van der Waals surface area contributed by atoms with Crippen LogP contribution >= 0.6 is 12.4 Å². The molecule has 0 aromatic rings. The molecule has 3 rings (SSSR count). The van der Waals surface area contributed by atoms with E-state index in [0.717, 1.165) is 24.2 Å². The highest BCUT2D eigenvalue weighted by molar-refractivity contribution is 6.09. The maximum absolute atomic E-state index is 12.5. The second-order valence-electron chi connectivity index (χ2n) is 6.84. The zero-order valence-electron chi connectivity index (χ0n) is 13.4. The lowest BCUT2D eigenvalue weighted by molar-refractivity contribution is -0.139. The van der Waals surface area contributed by atoms with Crippen LogP contribution in [0.2, 0.25) is 0 Å². The topological polar surface area (TPSA) is 95.7 Å². The molecule has 130 valence electrons. The second-order valence-corrected chi connectivity index (χ2v) is 6.84. The van der Waals surface area contributed by atoms with Crippen LogP contribution in [0.4, 0.5) is 4.79 Å². The Morgan fingerprint density at radius 2 is 2.00 bits per heavy atom. The first-order valence-corrected chi connectivity index (χ1v) is 8.10. The van der Waals surface area contributed by atoms with E-state index in [0.29, 0.717) is 31.8 Å². The first kappa shape index (κ1) is 18.0. The van der Waals surface area contributed by atoms with Crippen LogP contribution in [0.25, 0.3) is 0 Å². The molecule has 8 heteroatoms. The molecule has 2 unspecified atom stereocenters. The fraction of sp³-hybridized carbons (Fsp3) is 0.800. The van der Waals surface area contributed by atoms with Gasteiger partial charge in [0, 0.05) is 12.6 Å². The number of likely N-dealkylation sites (tertiary alicyclic amines) is 1. The van der Waals surface area contributed by atoms with Crippen molar-refractivity contribution in [3.8, 4) is 0 Å². The van der Waals surface area contributed by atoms with Crippen molar-refractivity contribution in [2.45, 2.75) is 50.6 Å². The molecular weight excluding hydrogens is 320 g/mol. The number of nitrogens with one attached hydrogen (secondary N) is 1. The molecule has 3 aliphatic rings. The van der Waals surface area contributed by atoms with E-state index in [1.165, 1.54) is 0 Å². The number of urea groups is 1. The molecule has 2 aliphatic heterocycles. The van der Waals surface area contributed by atoms with Crippen LogP contribution in [0.3, 0.4) is 0 Å². The average molecular weight is 345 g/mol. The van der Waals surface area contributed by atoms with Crippen LogP contribution in [0.1, 0.15) is 39.0 Å². The van der Waals surface area contributed by atoms with E-state index in [4.69, 9.17) is 5.73 Å². The average Bonchev–Trinajstić information content (AvgIpc) is 3.15. The fourth-order valence-electron chi connectivity index (χ4n) is 4.02. The fourth-order valence-corrected chi connectivity index (χ4v) is 4.02. The Labute approximate surface area is 142 Å². The summed E-state index contributed by atoms with van der Waals surface area (Å²) in [5.74, 6) is -0.0872. The number of nitrogens with zero attached hydrogens (tertiary/aromatic N) is 2. The number of hydrogen-bond donors (Lipinski definition) is 2. The van der Waals surface area contributed by atoms with Gasteiger partial charge in [-0.25, -0.2) is 4.79 Å².